The van der Waals surface area contributed by atoms with E-state index in [1.54, 1.807) is 17.7 Å². The molecule has 0 amide bonds. The third-order valence-electron chi connectivity index (χ3n) is 4.58. The van der Waals surface area contributed by atoms with Crippen LogP contribution in [-0.4, -0.2) is 56.8 Å². The number of ether oxygens (including phenoxy) is 1. The Balaban J connectivity index is 1.64. The lowest BCUT2D eigenvalue weighted by atomic mass is 10.2. The van der Waals surface area contributed by atoms with Gasteiger partial charge in [0.2, 0.25) is 0 Å². The van der Waals surface area contributed by atoms with Crippen LogP contribution in [0.1, 0.15) is 13.3 Å². The largest absolute Gasteiger partial charge is 0.376 e. The molecule has 0 saturated carbocycles. The normalized spacial score (nSPS) is 19.8. The van der Waals surface area contributed by atoms with E-state index in [0.29, 0.717) is 24.7 Å². The monoisotopic (exact) mass is 351 g/mol. The highest BCUT2D eigenvalue weighted by Crippen LogP contribution is 2.21. The van der Waals surface area contributed by atoms with Crippen LogP contribution < -0.4 is 4.72 Å². The second kappa shape index (κ2) is 7.23. The van der Waals surface area contributed by atoms with Crippen LogP contribution in [0.3, 0.4) is 0 Å². The predicted molar refractivity (Wildman–Crippen MR) is 94.6 cm³/mol. The molecule has 1 aliphatic rings. The SMILES string of the molecule is CCC1CN(CCNS(=O)(=O)c2cc3ccccc3n2C)CCO1. The van der Waals surface area contributed by atoms with Crippen molar-refractivity contribution < 1.29 is 13.2 Å². The van der Waals surface area contributed by atoms with Gasteiger partial charge in [0.05, 0.1) is 12.7 Å². The Morgan fingerprint density at radius 1 is 1.33 bits per heavy atom. The Hall–Kier alpha value is -1.41. The van der Waals surface area contributed by atoms with Gasteiger partial charge in [0.15, 0.2) is 5.03 Å². The maximum Gasteiger partial charge on any atom is 0.256 e. The first-order valence-corrected chi connectivity index (χ1v) is 9.87. The van der Waals surface area contributed by atoms with Crippen LogP contribution >= 0.6 is 0 Å². The molecule has 2 heterocycles. The number of nitrogens with zero attached hydrogens (tertiary/aromatic N) is 2. The predicted octanol–water partition coefficient (Wildman–Crippen LogP) is 1.57. The number of hydrogen-bond donors (Lipinski definition) is 1. The Kier molecular flexibility index (Phi) is 5.24. The van der Waals surface area contributed by atoms with Gasteiger partial charge in [-0.2, -0.15) is 0 Å². The molecule has 1 aromatic carbocycles. The number of aryl methyl sites for hydroxylation is 1. The van der Waals surface area contributed by atoms with Crippen molar-refractivity contribution in [2.75, 3.05) is 32.8 Å². The fourth-order valence-electron chi connectivity index (χ4n) is 3.16. The van der Waals surface area contributed by atoms with Crippen LogP contribution in [0.5, 0.6) is 0 Å². The fourth-order valence-corrected chi connectivity index (χ4v) is 4.41. The molecule has 1 aromatic heterocycles. The van der Waals surface area contributed by atoms with Crippen molar-refractivity contribution in [2.45, 2.75) is 24.5 Å². The average Bonchev–Trinajstić information content (AvgIpc) is 2.93. The molecule has 1 unspecified atom stereocenters. The van der Waals surface area contributed by atoms with Crippen molar-refractivity contribution in [3.8, 4) is 0 Å². The van der Waals surface area contributed by atoms with Gasteiger partial charge in [0, 0.05) is 44.1 Å². The molecule has 1 atom stereocenters. The Morgan fingerprint density at radius 3 is 2.88 bits per heavy atom. The highest BCUT2D eigenvalue weighted by molar-refractivity contribution is 7.89. The molecule has 1 aliphatic heterocycles. The lowest BCUT2D eigenvalue weighted by molar-refractivity contribution is -0.0287. The summed E-state index contributed by atoms with van der Waals surface area (Å²) < 4.78 is 35.3. The van der Waals surface area contributed by atoms with Crippen molar-refractivity contribution in [3.05, 3.63) is 30.3 Å². The van der Waals surface area contributed by atoms with Gasteiger partial charge in [0.1, 0.15) is 0 Å². The molecule has 3 rings (SSSR count). The first-order chi connectivity index (χ1) is 11.5. The standard InChI is InChI=1S/C17H25N3O3S/c1-3-15-13-20(10-11-23-15)9-8-18-24(21,22)17-12-14-6-4-5-7-16(14)19(17)2/h4-7,12,15,18H,3,8-11,13H2,1-2H3. The summed E-state index contributed by atoms with van der Waals surface area (Å²) in [6.07, 6.45) is 1.24. The summed E-state index contributed by atoms with van der Waals surface area (Å²) >= 11 is 0. The van der Waals surface area contributed by atoms with E-state index in [1.807, 2.05) is 24.3 Å². The molecule has 0 aliphatic carbocycles. The van der Waals surface area contributed by atoms with Crippen molar-refractivity contribution >= 4 is 20.9 Å². The highest BCUT2D eigenvalue weighted by Gasteiger charge is 2.22. The second-order valence-electron chi connectivity index (χ2n) is 6.20. The van der Waals surface area contributed by atoms with Gasteiger partial charge in [-0.3, -0.25) is 4.90 Å². The van der Waals surface area contributed by atoms with Gasteiger partial charge >= 0.3 is 0 Å². The Bertz CT molecular complexity index is 801. The van der Waals surface area contributed by atoms with Crippen LogP contribution in [0.4, 0.5) is 0 Å². The zero-order chi connectivity index (χ0) is 17.2. The molecular formula is C17H25N3O3S. The number of sulfonamides is 1. The summed E-state index contributed by atoms with van der Waals surface area (Å²) in [5, 5.41) is 1.23. The molecule has 0 bridgehead atoms. The lowest BCUT2D eigenvalue weighted by Crippen LogP contribution is -2.45. The molecule has 1 fully saturated rings. The number of nitrogens with one attached hydrogen (secondary N) is 1. The lowest BCUT2D eigenvalue weighted by Gasteiger charge is -2.32. The smallest absolute Gasteiger partial charge is 0.256 e. The van der Waals surface area contributed by atoms with Gasteiger partial charge in [0.25, 0.3) is 10.0 Å². The number of aromatic nitrogens is 1. The van der Waals surface area contributed by atoms with E-state index in [0.717, 1.165) is 30.4 Å². The van der Waals surface area contributed by atoms with Crippen molar-refractivity contribution in [1.82, 2.24) is 14.2 Å². The third-order valence-corrected chi connectivity index (χ3v) is 6.11. The minimum atomic E-state index is -3.52. The average molecular weight is 351 g/mol. The first-order valence-electron chi connectivity index (χ1n) is 8.39. The summed E-state index contributed by atoms with van der Waals surface area (Å²) in [4.78, 5) is 2.25. The van der Waals surface area contributed by atoms with E-state index in [1.165, 1.54) is 0 Å². The zero-order valence-corrected chi connectivity index (χ0v) is 15.1. The van der Waals surface area contributed by atoms with Gasteiger partial charge < -0.3 is 9.30 Å². The molecule has 1 saturated heterocycles. The zero-order valence-electron chi connectivity index (χ0n) is 14.2. The number of benzene rings is 1. The number of morpholine rings is 1. The summed E-state index contributed by atoms with van der Waals surface area (Å²) in [5.74, 6) is 0. The topological polar surface area (TPSA) is 63.6 Å². The van der Waals surface area contributed by atoms with Gasteiger partial charge in [-0.25, -0.2) is 13.1 Å². The molecule has 0 radical (unpaired) electrons. The molecule has 132 valence electrons. The molecule has 6 nitrogen and oxygen atoms in total. The van der Waals surface area contributed by atoms with E-state index in [9.17, 15) is 8.42 Å². The fraction of sp³-hybridized carbons (Fsp3) is 0.529. The summed E-state index contributed by atoms with van der Waals surface area (Å²) in [6, 6.07) is 9.39. The van der Waals surface area contributed by atoms with E-state index < -0.39 is 10.0 Å². The number of fused-ring (bicyclic) bond motifs is 1. The van der Waals surface area contributed by atoms with Gasteiger partial charge in [-0.05, 0) is 18.6 Å². The van der Waals surface area contributed by atoms with E-state index in [2.05, 4.69) is 16.5 Å². The van der Waals surface area contributed by atoms with Crippen molar-refractivity contribution in [1.29, 1.82) is 0 Å². The Labute approximate surface area is 143 Å². The van der Waals surface area contributed by atoms with Crippen LogP contribution in [0.25, 0.3) is 10.9 Å². The summed E-state index contributed by atoms with van der Waals surface area (Å²) in [6.45, 7) is 5.65. The third kappa shape index (κ3) is 3.64. The Morgan fingerprint density at radius 2 is 2.12 bits per heavy atom. The minimum absolute atomic E-state index is 0.258. The molecule has 7 heteroatoms. The number of rotatable bonds is 6. The first kappa shape index (κ1) is 17.4. The van der Waals surface area contributed by atoms with Crippen molar-refractivity contribution in [2.24, 2.45) is 7.05 Å². The molecule has 1 N–H and O–H groups in total. The maximum atomic E-state index is 12.6. The van der Waals surface area contributed by atoms with Gasteiger partial charge in [-0.15, -0.1) is 0 Å². The molecule has 2 aromatic rings. The molecular weight excluding hydrogens is 326 g/mol. The number of hydrogen-bond acceptors (Lipinski definition) is 4. The maximum absolute atomic E-state index is 12.6. The second-order valence-corrected chi connectivity index (χ2v) is 7.91. The van der Waals surface area contributed by atoms with Crippen LogP contribution in [0.2, 0.25) is 0 Å². The number of para-hydroxylation sites is 1. The van der Waals surface area contributed by atoms with E-state index in [-0.39, 0.29) is 6.10 Å². The molecule has 0 spiro atoms. The van der Waals surface area contributed by atoms with E-state index in [4.69, 9.17) is 4.74 Å². The van der Waals surface area contributed by atoms with Crippen LogP contribution in [-0.2, 0) is 21.8 Å². The summed E-state index contributed by atoms with van der Waals surface area (Å²) in [5.41, 5.74) is 0.914. The van der Waals surface area contributed by atoms with Crippen molar-refractivity contribution in [3.63, 3.8) is 0 Å². The minimum Gasteiger partial charge on any atom is -0.376 e. The van der Waals surface area contributed by atoms with Crippen LogP contribution in [0.15, 0.2) is 35.4 Å². The quantitative estimate of drug-likeness (QED) is 0.858. The highest BCUT2D eigenvalue weighted by atomic mass is 32.2. The molecule has 24 heavy (non-hydrogen) atoms. The van der Waals surface area contributed by atoms with Gasteiger partial charge in [-0.1, -0.05) is 25.1 Å². The van der Waals surface area contributed by atoms with E-state index >= 15 is 0 Å². The summed E-state index contributed by atoms with van der Waals surface area (Å²) in [7, 11) is -1.74. The van der Waals surface area contributed by atoms with Crippen LogP contribution in [0, 0.1) is 0 Å².